The van der Waals surface area contributed by atoms with Gasteiger partial charge in [0.15, 0.2) is 0 Å². The lowest BCUT2D eigenvalue weighted by molar-refractivity contribution is -0.142. The van der Waals surface area contributed by atoms with Gasteiger partial charge in [0, 0.05) is 0 Å². The molecule has 0 aliphatic rings. The molecule has 27 heavy (non-hydrogen) atoms. The summed E-state index contributed by atoms with van der Waals surface area (Å²) in [6.07, 6.45) is -3.00. The maximum absolute atomic E-state index is 13.8. The van der Waals surface area contributed by atoms with Gasteiger partial charge < -0.3 is 0 Å². The van der Waals surface area contributed by atoms with Crippen LogP contribution >= 0.6 is 0 Å². The second-order valence-corrected chi connectivity index (χ2v) is 6.34. The largest absolute Gasteiger partial charge is 0.422 e. The monoisotopic (exact) mass is 376 g/mol. The molecule has 0 radical (unpaired) electrons. The number of hydrogen-bond acceptors (Lipinski definition) is 0. The van der Waals surface area contributed by atoms with E-state index < -0.39 is 23.4 Å². The van der Waals surface area contributed by atoms with E-state index in [2.05, 4.69) is 6.92 Å². The maximum atomic E-state index is 13.8. The number of benzene rings is 3. The van der Waals surface area contributed by atoms with Gasteiger partial charge >= 0.3 is 6.18 Å². The van der Waals surface area contributed by atoms with Gasteiger partial charge in [-0.1, -0.05) is 61.9 Å². The van der Waals surface area contributed by atoms with Crippen LogP contribution in [0.25, 0.3) is 22.3 Å². The number of halogens is 5. The Morgan fingerprint density at radius 3 is 1.48 bits per heavy atom. The summed E-state index contributed by atoms with van der Waals surface area (Å²) in [5.74, 6) is -3.24. The summed E-state index contributed by atoms with van der Waals surface area (Å²) in [4.78, 5) is 0. The average molecular weight is 376 g/mol. The standard InChI is InChI=1S/C22H17F5/c1-2-3-14-4-6-15(7-5-14)16-8-10-17(11-9-16)18-12-19(23)21(20(24)13-18)22(25,26)27/h4-13H,2-3H2,1H3. The van der Waals surface area contributed by atoms with Crippen LogP contribution in [-0.4, -0.2) is 0 Å². The van der Waals surface area contributed by atoms with Crippen LogP contribution in [0.4, 0.5) is 22.0 Å². The number of alkyl halides is 3. The summed E-state index contributed by atoms with van der Waals surface area (Å²) in [5, 5.41) is 0. The summed E-state index contributed by atoms with van der Waals surface area (Å²) in [7, 11) is 0. The second kappa shape index (κ2) is 7.51. The van der Waals surface area contributed by atoms with E-state index in [1.165, 1.54) is 5.56 Å². The zero-order chi connectivity index (χ0) is 19.6. The molecule has 5 heteroatoms. The predicted molar refractivity (Wildman–Crippen MR) is 96.2 cm³/mol. The van der Waals surface area contributed by atoms with Gasteiger partial charge in [0.2, 0.25) is 0 Å². The molecule has 3 aromatic rings. The molecule has 0 atom stereocenters. The lowest BCUT2D eigenvalue weighted by atomic mass is 9.98. The van der Waals surface area contributed by atoms with Crippen molar-refractivity contribution in [3.05, 3.63) is 83.4 Å². The van der Waals surface area contributed by atoms with Crippen molar-refractivity contribution in [3.63, 3.8) is 0 Å². The Morgan fingerprint density at radius 1 is 0.667 bits per heavy atom. The van der Waals surface area contributed by atoms with Gasteiger partial charge in [0.05, 0.1) is 0 Å². The van der Waals surface area contributed by atoms with E-state index in [1.54, 1.807) is 24.3 Å². The molecule has 0 aromatic heterocycles. The van der Waals surface area contributed by atoms with Gasteiger partial charge in [-0.2, -0.15) is 13.2 Å². The molecule has 0 amide bonds. The molecule has 140 valence electrons. The molecule has 0 heterocycles. The molecular formula is C22H17F5. The van der Waals surface area contributed by atoms with Crippen molar-refractivity contribution in [1.29, 1.82) is 0 Å². The first-order chi connectivity index (χ1) is 12.8. The highest BCUT2D eigenvalue weighted by Crippen LogP contribution is 2.36. The van der Waals surface area contributed by atoms with Crippen molar-refractivity contribution >= 4 is 0 Å². The molecule has 0 saturated heterocycles. The summed E-state index contributed by atoms with van der Waals surface area (Å²) >= 11 is 0. The van der Waals surface area contributed by atoms with Crippen LogP contribution in [0.15, 0.2) is 60.7 Å². The molecule has 0 spiro atoms. The lowest BCUT2D eigenvalue weighted by Gasteiger charge is -2.11. The van der Waals surface area contributed by atoms with E-state index in [0.717, 1.165) is 24.0 Å². The summed E-state index contributed by atoms with van der Waals surface area (Å²) in [6.45, 7) is 2.11. The highest BCUT2D eigenvalue weighted by molar-refractivity contribution is 5.70. The van der Waals surface area contributed by atoms with Crippen molar-refractivity contribution in [3.8, 4) is 22.3 Å². The Labute approximate surface area is 154 Å². The Kier molecular flexibility index (Phi) is 5.31. The fourth-order valence-electron chi connectivity index (χ4n) is 3.02. The molecule has 3 aromatic carbocycles. The van der Waals surface area contributed by atoms with E-state index in [-0.39, 0.29) is 5.56 Å². The van der Waals surface area contributed by atoms with E-state index in [1.807, 2.05) is 24.3 Å². The Bertz CT molecular complexity index is 899. The molecule has 0 bridgehead atoms. The van der Waals surface area contributed by atoms with E-state index in [4.69, 9.17) is 0 Å². The molecule has 0 nitrogen and oxygen atoms in total. The molecule has 0 aliphatic heterocycles. The molecule has 0 unspecified atom stereocenters. The van der Waals surface area contributed by atoms with Crippen LogP contribution in [0.5, 0.6) is 0 Å². The van der Waals surface area contributed by atoms with Crippen LogP contribution in [0, 0.1) is 11.6 Å². The first-order valence-corrected chi connectivity index (χ1v) is 8.55. The third-order valence-electron chi connectivity index (χ3n) is 4.37. The minimum atomic E-state index is -5.07. The SMILES string of the molecule is CCCc1ccc(-c2ccc(-c3cc(F)c(C(F)(F)F)c(F)c3)cc2)cc1. The minimum Gasteiger partial charge on any atom is -0.206 e. The third-order valence-corrected chi connectivity index (χ3v) is 4.37. The molecular weight excluding hydrogens is 359 g/mol. The van der Waals surface area contributed by atoms with Crippen LogP contribution in [0.3, 0.4) is 0 Å². The lowest BCUT2D eigenvalue weighted by Crippen LogP contribution is -2.11. The maximum Gasteiger partial charge on any atom is 0.422 e. The van der Waals surface area contributed by atoms with E-state index in [0.29, 0.717) is 17.7 Å². The van der Waals surface area contributed by atoms with E-state index in [9.17, 15) is 22.0 Å². The van der Waals surface area contributed by atoms with Crippen molar-refractivity contribution in [2.45, 2.75) is 25.9 Å². The summed E-state index contributed by atoms with van der Waals surface area (Å²) in [5.41, 5.74) is 1.78. The van der Waals surface area contributed by atoms with Crippen molar-refractivity contribution in [2.75, 3.05) is 0 Å². The van der Waals surface area contributed by atoms with Crippen LogP contribution in [0.2, 0.25) is 0 Å². The van der Waals surface area contributed by atoms with Gasteiger partial charge in [-0.3, -0.25) is 0 Å². The van der Waals surface area contributed by atoms with Crippen molar-refractivity contribution in [1.82, 2.24) is 0 Å². The van der Waals surface area contributed by atoms with Crippen LogP contribution in [0.1, 0.15) is 24.5 Å². The fourth-order valence-corrected chi connectivity index (χ4v) is 3.02. The van der Waals surface area contributed by atoms with Gasteiger partial charge in [0.1, 0.15) is 17.2 Å². The van der Waals surface area contributed by atoms with Crippen LogP contribution in [-0.2, 0) is 12.6 Å². The first kappa shape index (κ1) is 19.1. The topological polar surface area (TPSA) is 0 Å². The van der Waals surface area contributed by atoms with Gasteiger partial charge in [-0.05, 0) is 46.4 Å². The highest BCUT2D eigenvalue weighted by Gasteiger charge is 2.37. The number of aryl methyl sites for hydroxylation is 1. The van der Waals surface area contributed by atoms with Gasteiger partial charge in [-0.25, -0.2) is 8.78 Å². The molecule has 0 N–H and O–H groups in total. The Hall–Kier alpha value is -2.69. The van der Waals surface area contributed by atoms with Crippen LogP contribution < -0.4 is 0 Å². The minimum absolute atomic E-state index is 0.0582. The predicted octanol–water partition coefficient (Wildman–Crippen LogP) is 7.27. The number of hydrogen-bond donors (Lipinski definition) is 0. The van der Waals surface area contributed by atoms with Crippen molar-refractivity contribution < 1.29 is 22.0 Å². The third kappa shape index (κ3) is 4.18. The zero-order valence-electron chi connectivity index (χ0n) is 14.6. The molecule has 0 fully saturated rings. The number of rotatable bonds is 4. The summed E-state index contributed by atoms with van der Waals surface area (Å²) in [6, 6.07) is 16.3. The average Bonchev–Trinajstić information content (AvgIpc) is 2.61. The van der Waals surface area contributed by atoms with Gasteiger partial charge in [0.25, 0.3) is 0 Å². The molecule has 3 rings (SSSR count). The Morgan fingerprint density at radius 2 is 1.07 bits per heavy atom. The van der Waals surface area contributed by atoms with Crippen molar-refractivity contribution in [2.24, 2.45) is 0 Å². The fraction of sp³-hybridized carbons (Fsp3) is 0.182. The smallest absolute Gasteiger partial charge is 0.206 e. The molecule has 0 aliphatic carbocycles. The highest BCUT2D eigenvalue weighted by atomic mass is 19.4. The second-order valence-electron chi connectivity index (χ2n) is 6.34. The Balaban J connectivity index is 1.89. The normalized spacial score (nSPS) is 11.6. The first-order valence-electron chi connectivity index (χ1n) is 8.55. The zero-order valence-corrected chi connectivity index (χ0v) is 14.6. The molecule has 0 saturated carbocycles. The quantitative estimate of drug-likeness (QED) is 0.420. The summed E-state index contributed by atoms with van der Waals surface area (Å²) < 4.78 is 65.6. The van der Waals surface area contributed by atoms with Gasteiger partial charge in [-0.15, -0.1) is 0 Å². The van der Waals surface area contributed by atoms with E-state index >= 15 is 0 Å².